The smallest absolute Gasteiger partial charge is 0.227 e. The highest BCUT2D eigenvalue weighted by molar-refractivity contribution is 5.95. The number of carbonyl (C=O) groups is 2. The second kappa shape index (κ2) is 7.40. The standard InChI is InChI=1S/C17H25N3O2/c1-11(2)16(21)19-14-7-4-8-15(10-14)20-17(22)12-5-3-6-13(18)9-12/h4,7-8,10-13H,3,5-6,9,18H2,1-2H3,(H,19,21)(H,20,22). The fraction of sp³-hybridized carbons (Fsp3) is 0.529. The molecular weight excluding hydrogens is 278 g/mol. The van der Waals surface area contributed by atoms with Gasteiger partial charge in [0.25, 0.3) is 0 Å². The molecule has 2 unspecified atom stereocenters. The Balaban J connectivity index is 1.97. The van der Waals surface area contributed by atoms with E-state index in [4.69, 9.17) is 5.73 Å². The predicted octanol–water partition coefficient (Wildman–Crippen LogP) is 2.74. The van der Waals surface area contributed by atoms with Gasteiger partial charge < -0.3 is 16.4 Å². The largest absolute Gasteiger partial charge is 0.328 e. The monoisotopic (exact) mass is 303 g/mol. The molecule has 0 saturated heterocycles. The molecule has 2 atom stereocenters. The van der Waals surface area contributed by atoms with Gasteiger partial charge in [0.1, 0.15) is 0 Å². The molecule has 0 aromatic heterocycles. The predicted molar refractivity (Wildman–Crippen MR) is 88.5 cm³/mol. The number of benzene rings is 1. The van der Waals surface area contributed by atoms with Gasteiger partial charge in [-0.1, -0.05) is 26.3 Å². The lowest BCUT2D eigenvalue weighted by Gasteiger charge is -2.25. The minimum Gasteiger partial charge on any atom is -0.328 e. The SMILES string of the molecule is CC(C)C(=O)Nc1cccc(NC(=O)C2CCCC(N)C2)c1. The van der Waals surface area contributed by atoms with Crippen molar-refractivity contribution in [3.63, 3.8) is 0 Å². The van der Waals surface area contributed by atoms with Gasteiger partial charge >= 0.3 is 0 Å². The average Bonchev–Trinajstić information content (AvgIpc) is 2.47. The van der Waals surface area contributed by atoms with Crippen LogP contribution in [0.25, 0.3) is 0 Å². The Labute approximate surface area is 131 Å². The van der Waals surface area contributed by atoms with Crippen molar-refractivity contribution in [3.05, 3.63) is 24.3 Å². The maximum atomic E-state index is 12.3. The highest BCUT2D eigenvalue weighted by Gasteiger charge is 2.25. The van der Waals surface area contributed by atoms with E-state index in [1.165, 1.54) is 0 Å². The first-order chi connectivity index (χ1) is 10.5. The lowest BCUT2D eigenvalue weighted by Crippen LogP contribution is -2.34. The van der Waals surface area contributed by atoms with Crippen LogP contribution in [0.2, 0.25) is 0 Å². The lowest BCUT2D eigenvalue weighted by molar-refractivity contribution is -0.121. The van der Waals surface area contributed by atoms with E-state index in [1.807, 2.05) is 32.0 Å². The van der Waals surface area contributed by atoms with E-state index in [0.717, 1.165) is 25.7 Å². The van der Waals surface area contributed by atoms with Gasteiger partial charge in [-0.25, -0.2) is 0 Å². The zero-order chi connectivity index (χ0) is 16.1. The van der Waals surface area contributed by atoms with Crippen molar-refractivity contribution in [3.8, 4) is 0 Å². The highest BCUT2D eigenvalue weighted by Crippen LogP contribution is 2.25. The summed E-state index contributed by atoms with van der Waals surface area (Å²) < 4.78 is 0. The van der Waals surface area contributed by atoms with Crippen LogP contribution in [0.3, 0.4) is 0 Å². The summed E-state index contributed by atoms with van der Waals surface area (Å²) in [4.78, 5) is 24.0. The van der Waals surface area contributed by atoms with Crippen molar-refractivity contribution in [2.24, 2.45) is 17.6 Å². The van der Waals surface area contributed by atoms with Gasteiger partial charge in [-0.15, -0.1) is 0 Å². The average molecular weight is 303 g/mol. The van der Waals surface area contributed by atoms with Crippen molar-refractivity contribution in [2.75, 3.05) is 10.6 Å². The fourth-order valence-electron chi connectivity index (χ4n) is 2.67. The van der Waals surface area contributed by atoms with Gasteiger partial charge in [0, 0.05) is 29.3 Å². The second-order valence-corrected chi connectivity index (χ2v) is 6.34. The number of hydrogen-bond acceptors (Lipinski definition) is 3. The Bertz CT molecular complexity index is 542. The van der Waals surface area contributed by atoms with E-state index in [-0.39, 0.29) is 29.7 Å². The molecule has 0 aliphatic heterocycles. The Morgan fingerprint density at radius 3 is 2.50 bits per heavy atom. The van der Waals surface area contributed by atoms with Crippen LogP contribution < -0.4 is 16.4 Å². The molecule has 4 N–H and O–H groups in total. The van der Waals surface area contributed by atoms with Gasteiger partial charge in [0.15, 0.2) is 0 Å². The minimum absolute atomic E-state index is 0.0161. The number of hydrogen-bond donors (Lipinski definition) is 3. The minimum atomic E-state index is -0.0815. The number of amides is 2. The van der Waals surface area contributed by atoms with E-state index >= 15 is 0 Å². The van der Waals surface area contributed by atoms with Gasteiger partial charge in [0.05, 0.1) is 0 Å². The van der Waals surface area contributed by atoms with Crippen LogP contribution in [-0.2, 0) is 9.59 Å². The van der Waals surface area contributed by atoms with Crippen molar-refractivity contribution < 1.29 is 9.59 Å². The van der Waals surface area contributed by atoms with Gasteiger partial charge in [-0.2, -0.15) is 0 Å². The number of anilines is 2. The zero-order valence-electron chi connectivity index (χ0n) is 13.3. The molecule has 1 saturated carbocycles. The molecule has 1 aliphatic rings. The number of nitrogens with two attached hydrogens (primary N) is 1. The van der Waals surface area contributed by atoms with Crippen molar-refractivity contribution in [1.82, 2.24) is 0 Å². The summed E-state index contributed by atoms with van der Waals surface area (Å²) in [6, 6.07) is 7.36. The van der Waals surface area contributed by atoms with Crippen LogP contribution in [0.4, 0.5) is 11.4 Å². The van der Waals surface area contributed by atoms with Crippen LogP contribution >= 0.6 is 0 Å². The Hall–Kier alpha value is -1.88. The van der Waals surface area contributed by atoms with Crippen LogP contribution in [0.5, 0.6) is 0 Å². The zero-order valence-corrected chi connectivity index (χ0v) is 13.3. The highest BCUT2D eigenvalue weighted by atomic mass is 16.2. The Morgan fingerprint density at radius 1 is 1.18 bits per heavy atom. The van der Waals surface area contributed by atoms with Gasteiger partial charge in [0.2, 0.25) is 11.8 Å². The second-order valence-electron chi connectivity index (χ2n) is 6.34. The lowest BCUT2D eigenvalue weighted by atomic mass is 9.85. The topological polar surface area (TPSA) is 84.2 Å². The molecular formula is C17H25N3O2. The summed E-state index contributed by atoms with van der Waals surface area (Å²) in [5.41, 5.74) is 7.33. The first-order valence-corrected chi connectivity index (χ1v) is 7.93. The number of carbonyl (C=O) groups excluding carboxylic acids is 2. The van der Waals surface area contributed by atoms with Crippen LogP contribution in [-0.4, -0.2) is 17.9 Å². The van der Waals surface area contributed by atoms with Crippen LogP contribution in [0, 0.1) is 11.8 Å². The molecule has 0 radical (unpaired) electrons. The Morgan fingerprint density at radius 2 is 1.86 bits per heavy atom. The van der Waals surface area contributed by atoms with E-state index < -0.39 is 0 Å². The summed E-state index contributed by atoms with van der Waals surface area (Å²) >= 11 is 0. The molecule has 1 aromatic carbocycles. The molecule has 120 valence electrons. The van der Waals surface area contributed by atoms with Crippen LogP contribution in [0.1, 0.15) is 39.5 Å². The fourth-order valence-corrected chi connectivity index (χ4v) is 2.67. The summed E-state index contributed by atoms with van der Waals surface area (Å²) in [7, 11) is 0. The number of rotatable bonds is 4. The van der Waals surface area contributed by atoms with E-state index in [2.05, 4.69) is 10.6 Å². The van der Waals surface area contributed by atoms with E-state index in [9.17, 15) is 9.59 Å². The normalized spacial score (nSPS) is 21.5. The van der Waals surface area contributed by atoms with Crippen molar-refractivity contribution >= 4 is 23.2 Å². The maximum absolute atomic E-state index is 12.3. The summed E-state index contributed by atoms with van der Waals surface area (Å²) in [6.45, 7) is 3.68. The summed E-state index contributed by atoms with van der Waals surface area (Å²) in [5.74, 6) is -0.121. The molecule has 5 nitrogen and oxygen atoms in total. The third-order valence-electron chi connectivity index (χ3n) is 4.01. The third-order valence-corrected chi connectivity index (χ3v) is 4.01. The number of nitrogens with one attached hydrogen (secondary N) is 2. The molecule has 2 amide bonds. The summed E-state index contributed by atoms with van der Waals surface area (Å²) in [6.07, 6.45) is 3.64. The van der Waals surface area contributed by atoms with Crippen LogP contribution in [0.15, 0.2) is 24.3 Å². The third kappa shape index (κ3) is 4.56. The first-order valence-electron chi connectivity index (χ1n) is 7.93. The van der Waals surface area contributed by atoms with Gasteiger partial charge in [-0.05, 0) is 37.5 Å². The van der Waals surface area contributed by atoms with E-state index in [1.54, 1.807) is 6.07 Å². The molecule has 0 heterocycles. The van der Waals surface area contributed by atoms with E-state index in [0.29, 0.717) is 11.4 Å². The van der Waals surface area contributed by atoms with Gasteiger partial charge in [-0.3, -0.25) is 9.59 Å². The molecule has 1 aromatic rings. The molecule has 0 bridgehead atoms. The first kappa shape index (κ1) is 16.5. The van der Waals surface area contributed by atoms with Crippen molar-refractivity contribution in [2.45, 2.75) is 45.6 Å². The molecule has 5 heteroatoms. The van der Waals surface area contributed by atoms with Crippen molar-refractivity contribution in [1.29, 1.82) is 0 Å². The molecule has 22 heavy (non-hydrogen) atoms. The Kier molecular flexibility index (Phi) is 5.55. The summed E-state index contributed by atoms with van der Waals surface area (Å²) in [5, 5.41) is 5.76. The molecule has 1 aliphatic carbocycles. The molecule has 1 fully saturated rings. The molecule has 0 spiro atoms. The molecule has 2 rings (SSSR count). The maximum Gasteiger partial charge on any atom is 0.227 e. The quantitative estimate of drug-likeness (QED) is 0.799.